The Bertz CT molecular complexity index is 1200. The third kappa shape index (κ3) is 4.74. The molecule has 4 aliphatic carbocycles. The van der Waals surface area contributed by atoms with Crippen molar-refractivity contribution in [2.24, 2.45) is 34.0 Å². The van der Waals surface area contributed by atoms with Crippen LogP contribution in [0.15, 0.2) is 12.2 Å². The van der Waals surface area contributed by atoms with Gasteiger partial charge >= 0.3 is 29.8 Å². The molecular weight excluding hydrogens is 536 g/mol. The van der Waals surface area contributed by atoms with Crippen LogP contribution < -0.4 is 0 Å². The van der Waals surface area contributed by atoms with Crippen LogP contribution in [-0.4, -0.2) is 66.1 Å². The molecule has 4 fully saturated rings. The number of rotatable bonds is 5. The number of hydrogen-bond donors (Lipinski definition) is 0. The van der Waals surface area contributed by atoms with Crippen molar-refractivity contribution in [2.45, 2.75) is 105 Å². The third-order valence-electron chi connectivity index (χ3n) is 9.83. The Balaban J connectivity index is 2.06. The molecule has 0 heterocycles. The summed E-state index contributed by atoms with van der Waals surface area (Å²) in [7, 11) is 0. The number of ether oxygens (including phenoxy) is 5. The van der Waals surface area contributed by atoms with E-state index in [-0.39, 0.29) is 24.5 Å². The first-order valence-corrected chi connectivity index (χ1v) is 14.0. The Morgan fingerprint density at radius 2 is 1.17 bits per heavy atom. The highest BCUT2D eigenvalue weighted by molar-refractivity contribution is 6.04. The first-order valence-electron chi connectivity index (χ1n) is 14.0. The van der Waals surface area contributed by atoms with Gasteiger partial charge in [-0.05, 0) is 36.2 Å². The Morgan fingerprint density at radius 1 is 0.683 bits per heavy atom. The maximum atomic E-state index is 14.3. The van der Waals surface area contributed by atoms with E-state index < -0.39 is 88.4 Å². The SMILES string of the molecule is C=C1C(=O)[C@]23C[C@H]1CC(OC(C)=O)[C@H]2[C@]1(C)CC(OC(C)=O)C(OC(C)=O)C(C)(C)[C@H]1C(OC(C)=O)C3OC(C)=O. The van der Waals surface area contributed by atoms with Crippen LogP contribution in [0.5, 0.6) is 0 Å². The predicted octanol–water partition coefficient (Wildman–Crippen LogP) is 2.86. The van der Waals surface area contributed by atoms with Crippen LogP contribution in [0.1, 0.15) is 74.7 Å². The maximum Gasteiger partial charge on any atom is 0.303 e. The molecule has 4 aliphatic rings. The van der Waals surface area contributed by atoms with Crippen LogP contribution in [0, 0.1) is 34.0 Å². The number of Topliss-reactive ketones (excluding diaryl/α,β-unsaturated/α-hetero) is 1. The van der Waals surface area contributed by atoms with Gasteiger partial charge in [-0.15, -0.1) is 0 Å². The topological polar surface area (TPSA) is 149 Å². The van der Waals surface area contributed by atoms with Crippen LogP contribution in [0.4, 0.5) is 0 Å². The zero-order valence-electron chi connectivity index (χ0n) is 24.9. The summed E-state index contributed by atoms with van der Waals surface area (Å²) in [4.78, 5) is 76.6. The molecule has 0 aromatic rings. The molecule has 41 heavy (non-hydrogen) atoms. The van der Waals surface area contributed by atoms with Crippen LogP contribution >= 0.6 is 0 Å². The molecule has 0 N–H and O–H groups in total. The van der Waals surface area contributed by atoms with E-state index >= 15 is 0 Å². The Labute approximate surface area is 239 Å². The number of carbonyl (C=O) groups excluding carboxylic acids is 6. The van der Waals surface area contributed by atoms with E-state index in [0.717, 1.165) is 0 Å². The lowest BCUT2D eigenvalue weighted by Gasteiger charge is -2.68. The quantitative estimate of drug-likeness (QED) is 0.270. The molecule has 4 rings (SSSR count). The standard InChI is InChI=1S/C30H40O11/c1-13-19-10-20(37-14(2)31)23-29(9)12-21(38-15(3)32)26(40-17(5)34)28(7,8)24(29)22(39-16(4)33)27(41-18(6)35)30(23,11-19)25(13)36/h19-24,26-27H,1,10-12H2,2-9H3/t19-,20?,21?,22?,23+,24-,26?,27?,29+,30+/m1/s1. The molecule has 5 unspecified atom stereocenters. The number of ketones is 1. The molecule has 226 valence electrons. The van der Waals surface area contributed by atoms with E-state index in [1.165, 1.54) is 34.6 Å². The van der Waals surface area contributed by atoms with Gasteiger partial charge in [0.05, 0.1) is 5.41 Å². The van der Waals surface area contributed by atoms with E-state index in [1.54, 1.807) is 13.8 Å². The van der Waals surface area contributed by atoms with Crippen LogP contribution in [0.2, 0.25) is 0 Å². The average Bonchev–Trinajstić information content (AvgIpc) is 2.98. The van der Waals surface area contributed by atoms with Crippen molar-refractivity contribution in [3.8, 4) is 0 Å². The number of allylic oxidation sites excluding steroid dienone is 1. The fourth-order valence-corrected chi connectivity index (χ4v) is 9.27. The van der Waals surface area contributed by atoms with Crippen molar-refractivity contribution in [1.29, 1.82) is 0 Å². The molecule has 0 aromatic carbocycles. The highest BCUT2D eigenvalue weighted by Gasteiger charge is 2.79. The van der Waals surface area contributed by atoms with Crippen LogP contribution in [0.3, 0.4) is 0 Å². The van der Waals surface area contributed by atoms with Gasteiger partial charge in [0.15, 0.2) is 11.9 Å². The summed E-state index contributed by atoms with van der Waals surface area (Å²) in [6, 6.07) is 0. The second kappa shape index (κ2) is 10.2. The van der Waals surface area contributed by atoms with Gasteiger partial charge in [0.25, 0.3) is 0 Å². The Hall–Kier alpha value is -3.24. The van der Waals surface area contributed by atoms with Crippen LogP contribution in [0.25, 0.3) is 0 Å². The number of hydrogen-bond acceptors (Lipinski definition) is 11. The van der Waals surface area contributed by atoms with Gasteiger partial charge in [-0.2, -0.15) is 0 Å². The van der Waals surface area contributed by atoms with Gasteiger partial charge in [0, 0.05) is 51.9 Å². The van der Waals surface area contributed by atoms with E-state index in [2.05, 4.69) is 6.58 Å². The molecular formula is C30H40O11. The highest BCUT2D eigenvalue weighted by atomic mass is 16.6. The van der Waals surface area contributed by atoms with E-state index in [1.807, 2.05) is 6.92 Å². The van der Waals surface area contributed by atoms with Gasteiger partial charge in [0.2, 0.25) is 0 Å². The minimum Gasteiger partial charge on any atom is -0.462 e. The largest absolute Gasteiger partial charge is 0.462 e. The summed E-state index contributed by atoms with van der Waals surface area (Å²) >= 11 is 0. The maximum absolute atomic E-state index is 14.3. The zero-order chi connectivity index (χ0) is 30.8. The van der Waals surface area contributed by atoms with Crippen molar-refractivity contribution in [1.82, 2.24) is 0 Å². The minimum atomic E-state index is -1.43. The van der Waals surface area contributed by atoms with Gasteiger partial charge in [-0.25, -0.2) is 0 Å². The first kappa shape index (κ1) is 30.7. The molecule has 11 heteroatoms. The van der Waals surface area contributed by atoms with Crippen molar-refractivity contribution in [3.05, 3.63) is 12.2 Å². The van der Waals surface area contributed by atoms with E-state index in [9.17, 15) is 28.8 Å². The molecule has 0 aliphatic heterocycles. The van der Waals surface area contributed by atoms with Gasteiger partial charge in [-0.1, -0.05) is 27.4 Å². The summed E-state index contributed by atoms with van der Waals surface area (Å²) in [6.45, 7) is 15.8. The molecule has 0 aromatic heterocycles. The van der Waals surface area contributed by atoms with Crippen molar-refractivity contribution >= 4 is 35.6 Å². The molecule has 0 radical (unpaired) electrons. The first-order chi connectivity index (χ1) is 18.9. The van der Waals surface area contributed by atoms with Crippen molar-refractivity contribution in [2.75, 3.05) is 0 Å². The third-order valence-corrected chi connectivity index (χ3v) is 9.83. The average molecular weight is 577 g/mol. The Morgan fingerprint density at radius 3 is 1.68 bits per heavy atom. The lowest BCUT2D eigenvalue weighted by atomic mass is 9.38. The number of fused-ring (bicyclic) bond motifs is 3. The molecule has 0 saturated heterocycles. The Kier molecular flexibility index (Phi) is 7.67. The second-order valence-electron chi connectivity index (χ2n) is 12.9. The minimum absolute atomic E-state index is 0.0950. The summed E-state index contributed by atoms with van der Waals surface area (Å²) in [5.74, 6) is -5.16. The molecule has 11 nitrogen and oxygen atoms in total. The van der Waals surface area contributed by atoms with Gasteiger partial charge in [-0.3, -0.25) is 28.8 Å². The summed E-state index contributed by atoms with van der Waals surface area (Å²) in [6.07, 6.45) is -4.37. The zero-order valence-corrected chi connectivity index (χ0v) is 24.9. The summed E-state index contributed by atoms with van der Waals surface area (Å²) < 4.78 is 29.4. The summed E-state index contributed by atoms with van der Waals surface area (Å²) in [5, 5.41) is 0. The smallest absolute Gasteiger partial charge is 0.303 e. The molecule has 4 saturated carbocycles. The monoisotopic (exact) mass is 576 g/mol. The molecule has 1 spiro atoms. The fourth-order valence-electron chi connectivity index (χ4n) is 9.27. The van der Waals surface area contributed by atoms with Crippen LogP contribution in [-0.2, 0) is 52.5 Å². The predicted molar refractivity (Wildman–Crippen MR) is 141 cm³/mol. The molecule has 10 atom stereocenters. The van der Waals surface area contributed by atoms with Gasteiger partial charge in [0.1, 0.15) is 24.4 Å². The van der Waals surface area contributed by atoms with E-state index in [0.29, 0.717) is 12.0 Å². The van der Waals surface area contributed by atoms with Gasteiger partial charge < -0.3 is 23.7 Å². The number of esters is 5. The number of carbonyl (C=O) groups is 6. The fraction of sp³-hybridized carbons (Fsp3) is 0.733. The molecule has 0 amide bonds. The lowest BCUT2D eigenvalue weighted by Crippen LogP contribution is -2.76. The lowest BCUT2D eigenvalue weighted by molar-refractivity contribution is -0.301. The van der Waals surface area contributed by atoms with Crippen molar-refractivity contribution < 1.29 is 52.5 Å². The van der Waals surface area contributed by atoms with Crippen molar-refractivity contribution in [3.63, 3.8) is 0 Å². The normalized spacial score (nSPS) is 40.4. The van der Waals surface area contributed by atoms with E-state index in [4.69, 9.17) is 23.7 Å². The second-order valence-corrected chi connectivity index (χ2v) is 12.9. The molecule has 2 bridgehead atoms. The highest BCUT2D eigenvalue weighted by Crippen LogP contribution is 2.72. The summed E-state index contributed by atoms with van der Waals surface area (Å²) in [5.41, 5.74) is -3.16.